The summed E-state index contributed by atoms with van der Waals surface area (Å²) in [6.45, 7) is 1.87. The van der Waals surface area contributed by atoms with Crippen LogP contribution in [0.4, 0.5) is 13.2 Å². The van der Waals surface area contributed by atoms with E-state index in [2.05, 4.69) is 10.3 Å². The van der Waals surface area contributed by atoms with Crippen LogP contribution in [0.15, 0.2) is 42.6 Å². The van der Waals surface area contributed by atoms with Crippen molar-refractivity contribution in [3.05, 3.63) is 53.7 Å². The highest BCUT2D eigenvalue weighted by atomic mass is 19.4. The van der Waals surface area contributed by atoms with Gasteiger partial charge in [0.2, 0.25) is 0 Å². The van der Waals surface area contributed by atoms with E-state index in [1.54, 1.807) is 0 Å². The summed E-state index contributed by atoms with van der Waals surface area (Å²) >= 11 is 0. The molecular weight excluding hydrogens is 333 g/mol. The van der Waals surface area contributed by atoms with Crippen LogP contribution < -0.4 is 5.32 Å². The van der Waals surface area contributed by atoms with E-state index in [1.807, 2.05) is 0 Å². The molecule has 1 amide bonds. The highest BCUT2D eigenvalue weighted by molar-refractivity contribution is 5.94. The van der Waals surface area contributed by atoms with Gasteiger partial charge < -0.3 is 10.1 Å². The Morgan fingerprint density at radius 2 is 2.00 bits per heavy atom. The number of hydrogen-bond acceptors (Lipinski definition) is 3. The lowest BCUT2D eigenvalue weighted by molar-refractivity contribution is -0.137. The number of ether oxygens (including phenoxy) is 1. The van der Waals surface area contributed by atoms with Crippen molar-refractivity contribution >= 4 is 5.91 Å². The van der Waals surface area contributed by atoms with Gasteiger partial charge in [0.15, 0.2) is 0 Å². The minimum atomic E-state index is -4.48. The lowest BCUT2D eigenvalue weighted by Crippen LogP contribution is -2.29. The Kier molecular flexibility index (Phi) is 5.03. The van der Waals surface area contributed by atoms with Crippen LogP contribution in [0.25, 0.3) is 11.3 Å². The number of pyridine rings is 1. The van der Waals surface area contributed by atoms with Gasteiger partial charge in [0.25, 0.3) is 5.91 Å². The summed E-state index contributed by atoms with van der Waals surface area (Å²) in [6.07, 6.45) is -2.25. The van der Waals surface area contributed by atoms with Gasteiger partial charge in [-0.25, -0.2) is 0 Å². The van der Waals surface area contributed by atoms with Gasteiger partial charge in [-0.1, -0.05) is 12.1 Å². The molecule has 0 spiro atoms. The highest BCUT2D eigenvalue weighted by Crippen LogP contribution is 2.35. The fraction of sp³-hybridized carbons (Fsp3) is 0.333. The molecule has 1 atom stereocenters. The number of benzene rings is 1. The summed E-state index contributed by atoms with van der Waals surface area (Å²) in [7, 11) is 0. The first-order chi connectivity index (χ1) is 11.9. The van der Waals surface area contributed by atoms with Crippen molar-refractivity contribution in [2.75, 3.05) is 19.8 Å². The first-order valence-corrected chi connectivity index (χ1v) is 7.94. The van der Waals surface area contributed by atoms with Crippen LogP contribution >= 0.6 is 0 Å². The third-order valence-electron chi connectivity index (χ3n) is 4.11. The number of alkyl halides is 3. The maximum atomic E-state index is 13.1. The van der Waals surface area contributed by atoms with E-state index in [0.29, 0.717) is 36.8 Å². The van der Waals surface area contributed by atoms with Gasteiger partial charge in [-0.2, -0.15) is 13.2 Å². The summed E-state index contributed by atoms with van der Waals surface area (Å²) in [5.41, 5.74) is -0.237. The van der Waals surface area contributed by atoms with Crippen LogP contribution in [-0.4, -0.2) is 30.6 Å². The van der Waals surface area contributed by atoms with Gasteiger partial charge in [-0.3, -0.25) is 9.78 Å². The van der Waals surface area contributed by atoms with E-state index >= 15 is 0 Å². The predicted molar refractivity (Wildman–Crippen MR) is 85.9 cm³/mol. The molecule has 0 aliphatic carbocycles. The van der Waals surface area contributed by atoms with E-state index in [-0.39, 0.29) is 11.6 Å². The summed E-state index contributed by atoms with van der Waals surface area (Å²) < 4.78 is 44.5. The highest BCUT2D eigenvalue weighted by Gasteiger charge is 2.34. The largest absolute Gasteiger partial charge is 0.418 e. The average Bonchev–Trinajstić information content (AvgIpc) is 3.13. The second-order valence-corrected chi connectivity index (χ2v) is 5.91. The summed E-state index contributed by atoms with van der Waals surface area (Å²) in [6, 6.07) is 8.21. The number of halogens is 3. The van der Waals surface area contributed by atoms with E-state index in [9.17, 15) is 18.0 Å². The van der Waals surface area contributed by atoms with Crippen molar-refractivity contribution in [2.45, 2.75) is 12.6 Å². The topological polar surface area (TPSA) is 51.2 Å². The molecule has 3 rings (SSSR count). The first-order valence-electron chi connectivity index (χ1n) is 7.94. The van der Waals surface area contributed by atoms with E-state index in [1.165, 1.54) is 36.5 Å². The Balaban J connectivity index is 1.73. The molecule has 1 aromatic carbocycles. The fourth-order valence-electron chi connectivity index (χ4n) is 2.73. The minimum absolute atomic E-state index is 0.148. The lowest BCUT2D eigenvalue weighted by atomic mass is 10.0. The smallest absolute Gasteiger partial charge is 0.381 e. The number of rotatable bonds is 4. The van der Waals surface area contributed by atoms with E-state index in [4.69, 9.17) is 4.74 Å². The molecule has 1 unspecified atom stereocenters. The van der Waals surface area contributed by atoms with Crippen LogP contribution in [0, 0.1) is 5.92 Å². The maximum Gasteiger partial charge on any atom is 0.418 e. The summed E-state index contributed by atoms with van der Waals surface area (Å²) in [5, 5.41) is 2.82. The molecule has 1 aliphatic rings. The third kappa shape index (κ3) is 4.17. The van der Waals surface area contributed by atoms with Crippen LogP contribution in [0.5, 0.6) is 0 Å². The zero-order chi connectivity index (χ0) is 17.9. The molecule has 0 radical (unpaired) electrons. The number of hydrogen-bond donors (Lipinski definition) is 1. The Morgan fingerprint density at radius 1 is 1.24 bits per heavy atom. The third-order valence-corrected chi connectivity index (χ3v) is 4.11. The molecule has 2 aromatic rings. The molecule has 1 N–H and O–H groups in total. The first kappa shape index (κ1) is 17.4. The summed E-state index contributed by atoms with van der Waals surface area (Å²) in [4.78, 5) is 16.0. The normalized spacial score (nSPS) is 17.5. The molecule has 25 heavy (non-hydrogen) atoms. The van der Waals surface area contributed by atoms with Crippen LogP contribution in [0.1, 0.15) is 22.3 Å². The molecule has 1 fully saturated rings. The van der Waals surface area contributed by atoms with Crippen LogP contribution in [-0.2, 0) is 10.9 Å². The molecule has 4 nitrogen and oxygen atoms in total. The van der Waals surface area contributed by atoms with Gasteiger partial charge in [0.05, 0.1) is 17.9 Å². The molecule has 132 valence electrons. The lowest BCUT2D eigenvalue weighted by Gasteiger charge is -2.12. The Morgan fingerprint density at radius 3 is 2.64 bits per heavy atom. The Labute approximate surface area is 143 Å². The second-order valence-electron chi connectivity index (χ2n) is 5.91. The fourth-order valence-corrected chi connectivity index (χ4v) is 2.73. The Hall–Kier alpha value is -2.41. The summed E-state index contributed by atoms with van der Waals surface area (Å²) in [5.74, 6) is 0.0570. The molecule has 7 heteroatoms. The molecule has 0 saturated carbocycles. The number of nitrogens with zero attached hydrogens (tertiary/aromatic N) is 1. The monoisotopic (exact) mass is 350 g/mol. The number of aromatic nitrogens is 1. The molecule has 1 saturated heterocycles. The predicted octanol–water partition coefficient (Wildman–Crippen LogP) is 3.53. The Bertz CT molecular complexity index is 739. The van der Waals surface area contributed by atoms with E-state index < -0.39 is 11.7 Å². The van der Waals surface area contributed by atoms with Gasteiger partial charge in [0, 0.05) is 36.4 Å². The second kappa shape index (κ2) is 7.23. The molecule has 0 bridgehead atoms. The minimum Gasteiger partial charge on any atom is -0.381 e. The van der Waals surface area contributed by atoms with Crippen molar-refractivity contribution in [3.8, 4) is 11.3 Å². The zero-order valence-electron chi connectivity index (χ0n) is 13.3. The molecular formula is C18H17F3N2O2. The van der Waals surface area contributed by atoms with Crippen molar-refractivity contribution in [2.24, 2.45) is 5.92 Å². The van der Waals surface area contributed by atoms with Gasteiger partial charge in [0.1, 0.15) is 0 Å². The van der Waals surface area contributed by atoms with Gasteiger partial charge in [-0.05, 0) is 30.7 Å². The van der Waals surface area contributed by atoms with Crippen molar-refractivity contribution < 1.29 is 22.7 Å². The number of amides is 1. The van der Waals surface area contributed by atoms with Crippen LogP contribution in [0.2, 0.25) is 0 Å². The van der Waals surface area contributed by atoms with Crippen LogP contribution in [0.3, 0.4) is 0 Å². The van der Waals surface area contributed by atoms with E-state index in [0.717, 1.165) is 12.5 Å². The number of carbonyl (C=O) groups is 1. The molecule has 1 aromatic heterocycles. The average molecular weight is 350 g/mol. The maximum absolute atomic E-state index is 13.1. The molecule has 2 heterocycles. The standard InChI is InChI=1S/C18H17F3N2O2/c19-18(20,21)15-2-1-8-22-16(15)13-3-5-14(6-4-13)17(24)23-10-12-7-9-25-11-12/h1-6,8,12H,7,9-11H2,(H,23,24). The quantitative estimate of drug-likeness (QED) is 0.918. The van der Waals surface area contributed by atoms with Gasteiger partial charge >= 0.3 is 6.18 Å². The van der Waals surface area contributed by atoms with Crippen molar-refractivity contribution in [1.82, 2.24) is 10.3 Å². The van der Waals surface area contributed by atoms with Gasteiger partial charge in [-0.15, -0.1) is 0 Å². The number of nitrogens with one attached hydrogen (secondary N) is 1. The zero-order valence-corrected chi connectivity index (χ0v) is 13.3. The SMILES string of the molecule is O=C(NCC1CCOC1)c1ccc(-c2ncccc2C(F)(F)F)cc1. The number of carbonyl (C=O) groups excluding carboxylic acids is 1. The van der Waals surface area contributed by atoms with Crippen molar-refractivity contribution in [1.29, 1.82) is 0 Å². The van der Waals surface area contributed by atoms with Crippen molar-refractivity contribution in [3.63, 3.8) is 0 Å². The molecule has 1 aliphatic heterocycles.